The Hall–Kier alpha value is -2.02. The highest BCUT2D eigenvalue weighted by Crippen LogP contribution is 2.39. The van der Waals surface area contributed by atoms with Crippen molar-refractivity contribution < 1.29 is 18.0 Å². The minimum Gasteiger partial charge on any atom is -0.327 e. The van der Waals surface area contributed by atoms with Gasteiger partial charge in [-0.25, -0.2) is 4.68 Å². The first-order chi connectivity index (χ1) is 10.9. The number of nitrogens with one attached hydrogen (secondary N) is 1. The Bertz CT molecular complexity index is 755. The van der Waals surface area contributed by atoms with Gasteiger partial charge in [-0.3, -0.25) is 4.79 Å². The fraction of sp³-hybridized carbons (Fsp3) is 0.333. The van der Waals surface area contributed by atoms with Crippen molar-refractivity contribution in [2.75, 3.05) is 5.32 Å². The molecule has 3 rings (SSSR count). The van der Waals surface area contributed by atoms with Gasteiger partial charge in [-0.15, -0.1) is 0 Å². The fourth-order valence-electron chi connectivity index (χ4n) is 2.92. The maximum Gasteiger partial charge on any atom is 0.435 e. The van der Waals surface area contributed by atoms with Crippen LogP contribution in [-0.4, -0.2) is 16.2 Å². The molecule has 1 aliphatic carbocycles. The SMILES string of the molecule is O=CNc1cccc(Cl)c1-n1nc(C(F)(F)F)c2c1CCCC2. The summed E-state index contributed by atoms with van der Waals surface area (Å²) in [4.78, 5) is 10.8. The lowest BCUT2D eigenvalue weighted by Crippen LogP contribution is -2.11. The van der Waals surface area contributed by atoms with Crippen LogP contribution in [0.15, 0.2) is 18.2 Å². The number of hydrogen-bond donors (Lipinski definition) is 1. The van der Waals surface area contributed by atoms with Crippen molar-refractivity contribution >= 4 is 23.7 Å². The number of rotatable bonds is 3. The van der Waals surface area contributed by atoms with Crippen LogP contribution < -0.4 is 5.32 Å². The molecule has 0 saturated carbocycles. The van der Waals surface area contributed by atoms with Crippen LogP contribution in [0.5, 0.6) is 0 Å². The Morgan fingerprint density at radius 2 is 2.00 bits per heavy atom. The summed E-state index contributed by atoms with van der Waals surface area (Å²) >= 11 is 6.17. The highest BCUT2D eigenvalue weighted by molar-refractivity contribution is 6.33. The standard InChI is InChI=1S/C15H13ClF3N3O/c16-10-5-3-6-11(20-8-23)13(10)22-12-7-2-1-4-9(12)14(21-22)15(17,18)19/h3,5-6,8H,1-2,4,7H2,(H,20,23). The van der Waals surface area contributed by atoms with E-state index in [1.807, 2.05) is 0 Å². The number of halogens is 4. The molecule has 8 heteroatoms. The van der Waals surface area contributed by atoms with E-state index in [9.17, 15) is 18.0 Å². The number of amides is 1. The number of carbonyl (C=O) groups is 1. The van der Waals surface area contributed by atoms with Crippen LogP contribution in [0.1, 0.15) is 29.8 Å². The molecule has 1 heterocycles. The Morgan fingerprint density at radius 1 is 1.26 bits per heavy atom. The highest BCUT2D eigenvalue weighted by atomic mass is 35.5. The molecule has 0 saturated heterocycles. The van der Waals surface area contributed by atoms with Crippen LogP contribution in [0.2, 0.25) is 5.02 Å². The molecular weight excluding hydrogens is 331 g/mol. The van der Waals surface area contributed by atoms with Crippen LogP contribution in [0.3, 0.4) is 0 Å². The van der Waals surface area contributed by atoms with E-state index in [2.05, 4.69) is 10.4 Å². The van der Waals surface area contributed by atoms with Gasteiger partial charge in [0.15, 0.2) is 5.69 Å². The van der Waals surface area contributed by atoms with Gasteiger partial charge < -0.3 is 5.32 Å². The predicted molar refractivity (Wildman–Crippen MR) is 79.9 cm³/mol. The third-order valence-electron chi connectivity index (χ3n) is 3.86. The quantitative estimate of drug-likeness (QED) is 0.856. The molecule has 0 atom stereocenters. The lowest BCUT2D eigenvalue weighted by molar-refractivity contribution is -0.142. The zero-order valence-electron chi connectivity index (χ0n) is 12.0. The normalized spacial score (nSPS) is 14.4. The second kappa shape index (κ2) is 5.88. The van der Waals surface area contributed by atoms with Gasteiger partial charge in [0, 0.05) is 11.3 Å². The maximum absolute atomic E-state index is 13.3. The van der Waals surface area contributed by atoms with E-state index in [-0.39, 0.29) is 16.3 Å². The summed E-state index contributed by atoms with van der Waals surface area (Å²) in [5, 5.41) is 6.48. The molecule has 1 aromatic heterocycles. The first-order valence-electron chi connectivity index (χ1n) is 7.10. The highest BCUT2D eigenvalue weighted by Gasteiger charge is 2.40. The van der Waals surface area contributed by atoms with Crippen molar-refractivity contribution in [1.29, 1.82) is 0 Å². The van der Waals surface area contributed by atoms with Crippen LogP contribution in [0.4, 0.5) is 18.9 Å². The summed E-state index contributed by atoms with van der Waals surface area (Å²) in [7, 11) is 0. The van der Waals surface area contributed by atoms with E-state index < -0.39 is 11.9 Å². The van der Waals surface area contributed by atoms with Crippen LogP contribution in [-0.2, 0) is 23.8 Å². The summed E-state index contributed by atoms with van der Waals surface area (Å²) in [6.07, 6.45) is -1.75. The molecule has 1 aliphatic rings. The number of alkyl halides is 3. The monoisotopic (exact) mass is 343 g/mol. The lowest BCUT2D eigenvalue weighted by atomic mass is 9.95. The number of carbonyl (C=O) groups excluding carboxylic acids is 1. The molecule has 4 nitrogen and oxygen atoms in total. The molecule has 0 unspecified atom stereocenters. The first-order valence-corrected chi connectivity index (χ1v) is 7.48. The average molecular weight is 344 g/mol. The Kier molecular flexibility index (Phi) is 4.06. The first kappa shape index (κ1) is 15.9. The van der Waals surface area contributed by atoms with Gasteiger partial charge in [0.2, 0.25) is 6.41 Å². The minimum absolute atomic E-state index is 0.223. The van der Waals surface area contributed by atoms with Crippen LogP contribution in [0.25, 0.3) is 5.69 Å². The smallest absolute Gasteiger partial charge is 0.327 e. The van der Waals surface area contributed by atoms with Gasteiger partial charge >= 0.3 is 6.18 Å². The molecular formula is C15H13ClF3N3O. The number of fused-ring (bicyclic) bond motifs is 1. The van der Waals surface area contributed by atoms with Crippen molar-refractivity contribution in [3.8, 4) is 5.69 Å². The van der Waals surface area contributed by atoms with Gasteiger partial charge in [-0.2, -0.15) is 18.3 Å². The van der Waals surface area contributed by atoms with Crippen molar-refractivity contribution in [2.24, 2.45) is 0 Å². The molecule has 0 fully saturated rings. The summed E-state index contributed by atoms with van der Waals surface area (Å²) in [5.41, 5.74) is 0.433. The molecule has 1 amide bonds. The molecule has 0 bridgehead atoms. The molecule has 1 aromatic carbocycles. The van der Waals surface area contributed by atoms with Gasteiger partial charge in [0.1, 0.15) is 5.69 Å². The predicted octanol–water partition coefficient (Wildman–Crippen LogP) is 3.99. The van der Waals surface area contributed by atoms with Gasteiger partial charge in [0.05, 0.1) is 10.7 Å². The lowest BCUT2D eigenvalue weighted by Gasteiger charge is -2.17. The summed E-state index contributed by atoms with van der Waals surface area (Å²) in [5.74, 6) is 0. The average Bonchev–Trinajstić information content (AvgIpc) is 2.87. The van der Waals surface area contributed by atoms with E-state index in [1.165, 1.54) is 4.68 Å². The number of benzene rings is 1. The van der Waals surface area contributed by atoms with Crippen molar-refractivity contribution in [2.45, 2.75) is 31.9 Å². The third kappa shape index (κ3) is 2.81. The van der Waals surface area contributed by atoms with Crippen LogP contribution in [0, 0.1) is 0 Å². The summed E-state index contributed by atoms with van der Waals surface area (Å²) in [6, 6.07) is 4.73. The molecule has 1 N–H and O–H groups in total. The van der Waals surface area contributed by atoms with Gasteiger partial charge in [0.25, 0.3) is 0 Å². The second-order valence-electron chi connectivity index (χ2n) is 5.29. The Morgan fingerprint density at radius 3 is 2.70 bits per heavy atom. The molecule has 0 spiro atoms. The molecule has 23 heavy (non-hydrogen) atoms. The number of aromatic nitrogens is 2. The summed E-state index contributed by atoms with van der Waals surface area (Å²) in [6.45, 7) is 0. The number of para-hydroxylation sites is 1. The zero-order chi connectivity index (χ0) is 16.6. The maximum atomic E-state index is 13.3. The summed E-state index contributed by atoms with van der Waals surface area (Å²) < 4.78 is 41.0. The molecule has 0 aliphatic heterocycles. The topological polar surface area (TPSA) is 46.9 Å². The number of hydrogen-bond acceptors (Lipinski definition) is 2. The number of nitrogens with zero attached hydrogens (tertiary/aromatic N) is 2. The van der Waals surface area contributed by atoms with E-state index in [4.69, 9.17) is 11.6 Å². The van der Waals surface area contributed by atoms with Crippen LogP contribution >= 0.6 is 11.6 Å². The fourth-order valence-corrected chi connectivity index (χ4v) is 3.18. The third-order valence-corrected chi connectivity index (χ3v) is 4.17. The molecule has 2 aromatic rings. The van der Waals surface area contributed by atoms with Gasteiger partial charge in [-0.1, -0.05) is 17.7 Å². The molecule has 122 valence electrons. The second-order valence-corrected chi connectivity index (χ2v) is 5.70. The molecule has 0 radical (unpaired) electrons. The van der Waals surface area contributed by atoms with E-state index in [0.717, 1.165) is 6.42 Å². The van der Waals surface area contributed by atoms with E-state index in [0.29, 0.717) is 37.1 Å². The van der Waals surface area contributed by atoms with Crippen molar-refractivity contribution in [3.05, 3.63) is 40.2 Å². The van der Waals surface area contributed by atoms with E-state index >= 15 is 0 Å². The largest absolute Gasteiger partial charge is 0.435 e. The van der Waals surface area contributed by atoms with Crippen molar-refractivity contribution in [1.82, 2.24) is 9.78 Å². The van der Waals surface area contributed by atoms with Gasteiger partial charge in [-0.05, 0) is 37.8 Å². The van der Waals surface area contributed by atoms with E-state index in [1.54, 1.807) is 18.2 Å². The minimum atomic E-state index is -4.52. The number of anilines is 1. The zero-order valence-corrected chi connectivity index (χ0v) is 12.7. The van der Waals surface area contributed by atoms with Crippen molar-refractivity contribution in [3.63, 3.8) is 0 Å². The Balaban J connectivity index is 2.26. The Labute approximate surface area is 135 Å².